The van der Waals surface area contributed by atoms with Gasteiger partial charge in [-0.3, -0.25) is 0 Å². The zero-order chi connectivity index (χ0) is 10.6. The number of hydrogen-bond donors (Lipinski definition) is 1. The highest BCUT2D eigenvalue weighted by Crippen LogP contribution is 2.18. The summed E-state index contributed by atoms with van der Waals surface area (Å²) in [5.41, 5.74) is -0.0113. The first-order valence-corrected chi connectivity index (χ1v) is 5.82. The molecule has 0 aliphatic heterocycles. The summed E-state index contributed by atoms with van der Waals surface area (Å²) < 4.78 is 0.984. The Bertz CT molecular complexity index is 285. The van der Waals surface area contributed by atoms with Crippen molar-refractivity contribution in [3.05, 3.63) is 22.8 Å². The van der Waals surface area contributed by atoms with Crippen molar-refractivity contribution in [3.8, 4) is 0 Å². The molecule has 0 aliphatic carbocycles. The number of halogens is 2. The Labute approximate surface area is 98.2 Å². The van der Waals surface area contributed by atoms with E-state index >= 15 is 0 Å². The minimum absolute atomic E-state index is 0.0113. The molecule has 0 bridgehead atoms. The molecule has 0 saturated carbocycles. The van der Waals surface area contributed by atoms with Crippen molar-refractivity contribution in [2.24, 2.45) is 0 Å². The number of hydrogen-bond acceptors (Lipinski definition) is 2. The van der Waals surface area contributed by atoms with Gasteiger partial charge in [0.05, 0.1) is 0 Å². The van der Waals surface area contributed by atoms with Crippen molar-refractivity contribution in [2.75, 3.05) is 11.2 Å². The fraction of sp³-hybridized carbons (Fsp3) is 0.500. The van der Waals surface area contributed by atoms with Gasteiger partial charge in [-0.15, -0.1) is 11.6 Å². The standard InChI is InChI=1S/C10H14BrClN2/c1-10(2,5-6-12)14-9-4-3-8(11)7-13-9/h3-4,7H,5-6H2,1-2H3,(H,13,14). The molecule has 78 valence electrons. The molecule has 4 heteroatoms. The molecule has 0 aromatic carbocycles. The van der Waals surface area contributed by atoms with E-state index in [1.165, 1.54) is 0 Å². The van der Waals surface area contributed by atoms with Crippen molar-refractivity contribution in [1.29, 1.82) is 0 Å². The monoisotopic (exact) mass is 276 g/mol. The molecule has 1 aromatic heterocycles. The van der Waals surface area contributed by atoms with Crippen molar-refractivity contribution >= 4 is 33.3 Å². The van der Waals surface area contributed by atoms with Crippen LogP contribution in [-0.2, 0) is 0 Å². The molecule has 0 spiro atoms. The number of nitrogens with one attached hydrogen (secondary N) is 1. The Hall–Kier alpha value is -0.280. The summed E-state index contributed by atoms with van der Waals surface area (Å²) in [5.74, 6) is 1.53. The van der Waals surface area contributed by atoms with Crippen LogP contribution < -0.4 is 5.32 Å². The van der Waals surface area contributed by atoms with Crippen LogP contribution in [0, 0.1) is 0 Å². The van der Waals surface area contributed by atoms with Crippen molar-refractivity contribution in [1.82, 2.24) is 4.98 Å². The molecule has 1 aromatic rings. The van der Waals surface area contributed by atoms with E-state index in [0.29, 0.717) is 5.88 Å². The van der Waals surface area contributed by atoms with Gasteiger partial charge in [0.15, 0.2) is 0 Å². The molecule has 2 nitrogen and oxygen atoms in total. The first kappa shape index (κ1) is 11.8. The number of alkyl halides is 1. The highest BCUT2D eigenvalue weighted by molar-refractivity contribution is 9.10. The zero-order valence-corrected chi connectivity index (χ0v) is 10.7. The Morgan fingerprint density at radius 2 is 2.21 bits per heavy atom. The van der Waals surface area contributed by atoms with E-state index in [-0.39, 0.29) is 5.54 Å². The highest BCUT2D eigenvalue weighted by Gasteiger charge is 2.16. The second-order valence-electron chi connectivity index (χ2n) is 3.81. The van der Waals surface area contributed by atoms with Gasteiger partial charge < -0.3 is 5.32 Å². The fourth-order valence-corrected chi connectivity index (χ4v) is 1.80. The summed E-state index contributed by atoms with van der Waals surface area (Å²) in [7, 11) is 0. The molecule has 1 rings (SSSR count). The Balaban J connectivity index is 2.64. The van der Waals surface area contributed by atoms with E-state index in [0.717, 1.165) is 16.7 Å². The molecule has 0 unspecified atom stereocenters. The topological polar surface area (TPSA) is 24.9 Å². The molecular formula is C10H14BrClN2. The molecule has 0 fully saturated rings. The number of nitrogens with zero attached hydrogens (tertiary/aromatic N) is 1. The lowest BCUT2D eigenvalue weighted by Crippen LogP contribution is -2.31. The second-order valence-corrected chi connectivity index (χ2v) is 5.10. The van der Waals surface area contributed by atoms with Gasteiger partial charge in [0.25, 0.3) is 0 Å². The third-order valence-electron chi connectivity index (χ3n) is 1.91. The van der Waals surface area contributed by atoms with Gasteiger partial charge in [0.1, 0.15) is 5.82 Å². The molecule has 1 heterocycles. The summed E-state index contributed by atoms with van der Waals surface area (Å²) in [6.45, 7) is 4.22. The summed E-state index contributed by atoms with van der Waals surface area (Å²) in [6.07, 6.45) is 2.69. The smallest absolute Gasteiger partial charge is 0.126 e. The predicted octanol–water partition coefficient (Wildman–Crippen LogP) is 3.66. The predicted molar refractivity (Wildman–Crippen MR) is 65.0 cm³/mol. The molecular weight excluding hydrogens is 263 g/mol. The number of rotatable bonds is 4. The third-order valence-corrected chi connectivity index (χ3v) is 2.57. The van der Waals surface area contributed by atoms with Crippen LogP contribution in [0.3, 0.4) is 0 Å². The minimum Gasteiger partial charge on any atom is -0.365 e. The Kier molecular flexibility index (Phi) is 4.20. The van der Waals surface area contributed by atoms with Crippen molar-refractivity contribution in [3.63, 3.8) is 0 Å². The van der Waals surface area contributed by atoms with Gasteiger partial charge in [-0.2, -0.15) is 0 Å². The lowest BCUT2D eigenvalue weighted by molar-refractivity contribution is 0.548. The number of aromatic nitrogens is 1. The van der Waals surface area contributed by atoms with Crippen molar-refractivity contribution in [2.45, 2.75) is 25.8 Å². The maximum absolute atomic E-state index is 5.71. The fourth-order valence-electron chi connectivity index (χ4n) is 1.10. The molecule has 1 N–H and O–H groups in total. The van der Waals surface area contributed by atoms with E-state index in [9.17, 15) is 0 Å². The Morgan fingerprint density at radius 3 is 2.71 bits per heavy atom. The summed E-state index contributed by atoms with van der Waals surface area (Å²) in [6, 6.07) is 3.91. The average molecular weight is 278 g/mol. The third kappa shape index (κ3) is 3.84. The zero-order valence-electron chi connectivity index (χ0n) is 8.35. The van der Waals surface area contributed by atoms with E-state index < -0.39 is 0 Å². The molecule has 0 atom stereocenters. The first-order valence-electron chi connectivity index (χ1n) is 4.49. The second kappa shape index (κ2) is 4.99. The van der Waals surface area contributed by atoms with Crippen LogP contribution in [0.5, 0.6) is 0 Å². The van der Waals surface area contributed by atoms with Crippen LogP contribution in [-0.4, -0.2) is 16.4 Å². The summed E-state index contributed by atoms with van der Waals surface area (Å²) in [4.78, 5) is 4.24. The lowest BCUT2D eigenvalue weighted by Gasteiger charge is -2.25. The quantitative estimate of drug-likeness (QED) is 0.850. The summed E-state index contributed by atoms with van der Waals surface area (Å²) >= 11 is 9.05. The largest absolute Gasteiger partial charge is 0.365 e. The average Bonchev–Trinajstić information content (AvgIpc) is 2.08. The van der Waals surface area contributed by atoms with Gasteiger partial charge in [-0.25, -0.2) is 4.98 Å². The van der Waals surface area contributed by atoms with Gasteiger partial charge in [0.2, 0.25) is 0 Å². The van der Waals surface area contributed by atoms with Crippen molar-refractivity contribution < 1.29 is 0 Å². The first-order chi connectivity index (χ1) is 6.53. The molecule has 14 heavy (non-hydrogen) atoms. The number of pyridine rings is 1. The molecule has 0 saturated heterocycles. The van der Waals surface area contributed by atoms with Crippen LogP contribution in [0.15, 0.2) is 22.8 Å². The van der Waals surface area contributed by atoms with E-state index in [1.807, 2.05) is 12.1 Å². The molecule has 0 radical (unpaired) electrons. The highest BCUT2D eigenvalue weighted by atomic mass is 79.9. The normalized spacial score (nSPS) is 11.4. The van der Waals surface area contributed by atoms with Gasteiger partial charge >= 0.3 is 0 Å². The van der Waals surface area contributed by atoms with Crippen LogP contribution in [0.2, 0.25) is 0 Å². The summed E-state index contributed by atoms with van der Waals surface area (Å²) in [5, 5.41) is 3.33. The SMILES string of the molecule is CC(C)(CCCl)Nc1ccc(Br)cn1. The number of anilines is 1. The minimum atomic E-state index is -0.0113. The van der Waals surface area contributed by atoms with Gasteiger partial charge in [-0.1, -0.05) is 0 Å². The Morgan fingerprint density at radius 1 is 1.50 bits per heavy atom. The van der Waals surface area contributed by atoms with E-state index in [2.05, 4.69) is 40.1 Å². The van der Waals surface area contributed by atoms with Crippen LogP contribution in [0.1, 0.15) is 20.3 Å². The van der Waals surface area contributed by atoms with Crippen LogP contribution >= 0.6 is 27.5 Å². The van der Waals surface area contributed by atoms with E-state index in [4.69, 9.17) is 11.6 Å². The maximum atomic E-state index is 5.71. The van der Waals surface area contributed by atoms with Crippen LogP contribution in [0.4, 0.5) is 5.82 Å². The molecule has 0 aliphatic rings. The van der Waals surface area contributed by atoms with Crippen LogP contribution in [0.25, 0.3) is 0 Å². The lowest BCUT2D eigenvalue weighted by atomic mass is 10.0. The van der Waals surface area contributed by atoms with E-state index in [1.54, 1.807) is 6.20 Å². The maximum Gasteiger partial charge on any atom is 0.126 e. The van der Waals surface area contributed by atoms with Gasteiger partial charge in [0, 0.05) is 22.1 Å². The van der Waals surface area contributed by atoms with Gasteiger partial charge in [-0.05, 0) is 48.3 Å². The molecule has 0 amide bonds.